The van der Waals surface area contributed by atoms with Crippen LogP contribution in [0.4, 0.5) is 0 Å². The topological polar surface area (TPSA) is 85.8 Å². The third-order valence-electron chi connectivity index (χ3n) is 2.36. The molecule has 0 saturated carbocycles. The van der Waals surface area contributed by atoms with Gasteiger partial charge in [-0.15, -0.1) is 5.10 Å². The molecule has 3 N–H and O–H groups in total. The summed E-state index contributed by atoms with van der Waals surface area (Å²) in [7, 11) is 0. The molecule has 1 aromatic heterocycles. The molecule has 0 fully saturated rings. The number of amides is 1. The van der Waals surface area contributed by atoms with Crippen molar-refractivity contribution in [1.29, 1.82) is 0 Å². The number of unbranched alkanes of at least 4 members (excludes halogenated alkanes) is 1. The molecule has 1 amide bonds. The second-order valence-electron chi connectivity index (χ2n) is 4.73. The van der Waals surface area contributed by atoms with Crippen LogP contribution >= 0.6 is 0 Å². The molecule has 0 bridgehead atoms. The highest BCUT2D eigenvalue weighted by Gasteiger charge is 2.18. The Balaban J connectivity index is 2.46. The molecule has 17 heavy (non-hydrogen) atoms. The average Bonchev–Trinajstić information content (AvgIpc) is 2.66. The second kappa shape index (κ2) is 5.77. The standard InChI is InChI=1S/C11H21N5O/c1-4-5-6-13-10(17)8-16-7-9(14-15-16)11(2,3)12/h7H,4-6,8,12H2,1-3H3,(H,13,17). The van der Waals surface area contributed by atoms with Gasteiger partial charge < -0.3 is 11.1 Å². The van der Waals surface area contributed by atoms with Gasteiger partial charge in [-0.1, -0.05) is 18.6 Å². The zero-order valence-corrected chi connectivity index (χ0v) is 10.7. The van der Waals surface area contributed by atoms with Gasteiger partial charge in [0, 0.05) is 6.54 Å². The maximum Gasteiger partial charge on any atom is 0.241 e. The number of carbonyl (C=O) groups excluding carboxylic acids is 1. The first-order valence-corrected chi connectivity index (χ1v) is 5.89. The summed E-state index contributed by atoms with van der Waals surface area (Å²) in [5.41, 5.74) is 6.03. The van der Waals surface area contributed by atoms with Crippen molar-refractivity contribution in [3.8, 4) is 0 Å². The van der Waals surface area contributed by atoms with E-state index in [1.807, 2.05) is 13.8 Å². The van der Waals surface area contributed by atoms with Crippen molar-refractivity contribution < 1.29 is 4.79 Å². The van der Waals surface area contributed by atoms with Crippen LogP contribution in [0, 0.1) is 0 Å². The monoisotopic (exact) mass is 239 g/mol. The molecule has 0 aliphatic heterocycles. The number of rotatable bonds is 6. The average molecular weight is 239 g/mol. The van der Waals surface area contributed by atoms with Gasteiger partial charge in [0.15, 0.2) is 0 Å². The Bertz CT molecular complexity index is 366. The molecule has 0 spiro atoms. The first-order valence-electron chi connectivity index (χ1n) is 5.89. The summed E-state index contributed by atoms with van der Waals surface area (Å²) < 4.78 is 1.51. The molecule has 0 saturated heterocycles. The van der Waals surface area contributed by atoms with Gasteiger partial charge in [-0.2, -0.15) is 0 Å². The molecule has 6 heteroatoms. The van der Waals surface area contributed by atoms with Crippen molar-refractivity contribution in [2.75, 3.05) is 6.54 Å². The highest BCUT2D eigenvalue weighted by Crippen LogP contribution is 2.12. The first kappa shape index (κ1) is 13.6. The molecule has 1 rings (SSSR count). The van der Waals surface area contributed by atoms with E-state index in [2.05, 4.69) is 22.6 Å². The summed E-state index contributed by atoms with van der Waals surface area (Å²) in [6.45, 7) is 6.68. The Hall–Kier alpha value is -1.43. The number of nitrogens with zero attached hydrogens (tertiary/aromatic N) is 3. The minimum atomic E-state index is -0.531. The summed E-state index contributed by atoms with van der Waals surface area (Å²) in [5.74, 6) is -0.0512. The van der Waals surface area contributed by atoms with E-state index < -0.39 is 5.54 Å². The molecule has 0 atom stereocenters. The van der Waals surface area contributed by atoms with Crippen molar-refractivity contribution in [3.63, 3.8) is 0 Å². The lowest BCUT2D eigenvalue weighted by Crippen LogP contribution is -2.29. The number of hydrogen-bond acceptors (Lipinski definition) is 4. The largest absolute Gasteiger partial charge is 0.354 e. The number of nitrogens with one attached hydrogen (secondary N) is 1. The van der Waals surface area contributed by atoms with E-state index in [-0.39, 0.29) is 12.5 Å². The van der Waals surface area contributed by atoms with Gasteiger partial charge in [-0.05, 0) is 20.3 Å². The van der Waals surface area contributed by atoms with E-state index in [9.17, 15) is 4.79 Å². The van der Waals surface area contributed by atoms with E-state index in [1.54, 1.807) is 6.20 Å². The second-order valence-corrected chi connectivity index (χ2v) is 4.73. The van der Waals surface area contributed by atoms with Crippen LogP contribution in [0.1, 0.15) is 39.3 Å². The summed E-state index contributed by atoms with van der Waals surface area (Å²) >= 11 is 0. The van der Waals surface area contributed by atoms with Gasteiger partial charge in [-0.25, -0.2) is 4.68 Å². The summed E-state index contributed by atoms with van der Waals surface area (Å²) in [6, 6.07) is 0. The molecule has 0 aliphatic rings. The van der Waals surface area contributed by atoms with Crippen LogP contribution in [0.25, 0.3) is 0 Å². The SMILES string of the molecule is CCCCNC(=O)Cn1cc(C(C)(C)N)nn1. The van der Waals surface area contributed by atoms with Crippen LogP contribution in [0.2, 0.25) is 0 Å². The molecule has 0 radical (unpaired) electrons. The number of aromatic nitrogens is 3. The fraction of sp³-hybridized carbons (Fsp3) is 0.727. The maximum absolute atomic E-state index is 11.5. The zero-order chi connectivity index (χ0) is 12.9. The van der Waals surface area contributed by atoms with Crippen molar-refractivity contribution in [2.24, 2.45) is 5.73 Å². The molecule has 6 nitrogen and oxygen atoms in total. The summed E-state index contributed by atoms with van der Waals surface area (Å²) in [4.78, 5) is 11.5. The normalized spacial score (nSPS) is 11.5. The van der Waals surface area contributed by atoms with Crippen LogP contribution in [0.5, 0.6) is 0 Å². The minimum Gasteiger partial charge on any atom is -0.354 e. The highest BCUT2D eigenvalue weighted by atomic mass is 16.2. The Morgan fingerprint density at radius 2 is 2.29 bits per heavy atom. The summed E-state index contributed by atoms with van der Waals surface area (Å²) in [5, 5.41) is 10.6. The van der Waals surface area contributed by atoms with Gasteiger partial charge in [0.25, 0.3) is 0 Å². The summed E-state index contributed by atoms with van der Waals surface area (Å²) in [6.07, 6.45) is 3.76. The lowest BCUT2D eigenvalue weighted by Gasteiger charge is -2.13. The third kappa shape index (κ3) is 4.52. The van der Waals surface area contributed by atoms with Crippen molar-refractivity contribution in [2.45, 2.75) is 45.7 Å². The minimum absolute atomic E-state index is 0.0512. The van der Waals surface area contributed by atoms with E-state index >= 15 is 0 Å². The van der Waals surface area contributed by atoms with Crippen molar-refractivity contribution >= 4 is 5.91 Å². The van der Waals surface area contributed by atoms with Gasteiger partial charge in [-0.3, -0.25) is 4.79 Å². The predicted octanol–water partition coefficient (Wildman–Crippen LogP) is 0.388. The number of carbonyl (C=O) groups is 1. The van der Waals surface area contributed by atoms with Crippen LogP contribution < -0.4 is 11.1 Å². The van der Waals surface area contributed by atoms with Gasteiger partial charge in [0.05, 0.1) is 11.7 Å². The molecule has 1 heterocycles. The van der Waals surface area contributed by atoms with Crippen molar-refractivity contribution in [1.82, 2.24) is 20.3 Å². The fourth-order valence-electron chi connectivity index (χ4n) is 1.28. The molecule has 0 unspecified atom stereocenters. The van der Waals surface area contributed by atoms with E-state index in [0.29, 0.717) is 12.2 Å². The Labute approximate surface area is 102 Å². The van der Waals surface area contributed by atoms with E-state index in [1.165, 1.54) is 4.68 Å². The number of hydrogen-bond donors (Lipinski definition) is 2. The number of nitrogens with two attached hydrogens (primary N) is 1. The first-order chi connectivity index (χ1) is 7.93. The van der Waals surface area contributed by atoms with Crippen LogP contribution in [0.15, 0.2) is 6.20 Å². The van der Waals surface area contributed by atoms with Crippen molar-refractivity contribution in [3.05, 3.63) is 11.9 Å². The molecule has 96 valence electrons. The van der Waals surface area contributed by atoms with Gasteiger partial charge >= 0.3 is 0 Å². The quantitative estimate of drug-likeness (QED) is 0.703. The van der Waals surface area contributed by atoms with Crippen LogP contribution in [-0.4, -0.2) is 27.4 Å². The lowest BCUT2D eigenvalue weighted by molar-refractivity contribution is -0.121. The van der Waals surface area contributed by atoms with Gasteiger partial charge in [0.2, 0.25) is 5.91 Å². The van der Waals surface area contributed by atoms with Crippen LogP contribution in [-0.2, 0) is 16.9 Å². The van der Waals surface area contributed by atoms with Crippen LogP contribution in [0.3, 0.4) is 0 Å². The Kier molecular flexibility index (Phi) is 4.62. The lowest BCUT2D eigenvalue weighted by atomic mass is 10.0. The smallest absolute Gasteiger partial charge is 0.241 e. The molecule has 1 aromatic rings. The van der Waals surface area contributed by atoms with Gasteiger partial charge in [0.1, 0.15) is 12.2 Å². The van der Waals surface area contributed by atoms with E-state index in [0.717, 1.165) is 12.8 Å². The maximum atomic E-state index is 11.5. The molecule has 0 aliphatic carbocycles. The predicted molar refractivity (Wildman–Crippen MR) is 65.2 cm³/mol. The Morgan fingerprint density at radius 1 is 1.59 bits per heavy atom. The third-order valence-corrected chi connectivity index (χ3v) is 2.36. The fourth-order valence-corrected chi connectivity index (χ4v) is 1.28. The zero-order valence-electron chi connectivity index (χ0n) is 10.7. The molecular formula is C11H21N5O. The highest BCUT2D eigenvalue weighted by molar-refractivity contribution is 5.75. The Morgan fingerprint density at radius 3 is 2.82 bits per heavy atom. The van der Waals surface area contributed by atoms with E-state index in [4.69, 9.17) is 5.73 Å². The molecule has 0 aromatic carbocycles. The molecular weight excluding hydrogens is 218 g/mol.